The van der Waals surface area contributed by atoms with E-state index in [9.17, 15) is 0 Å². The number of nitrogens with zero attached hydrogens (tertiary/aromatic N) is 1. The van der Waals surface area contributed by atoms with Crippen LogP contribution in [0.4, 0.5) is 17.1 Å². The van der Waals surface area contributed by atoms with E-state index in [0.29, 0.717) is 0 Å². The summed E-state index contributed by atoms with van der Waals surface area (Å²) >= 11 is 0. The Hall–Kier alpha value is -2.55. The van der Waals surface area contributed by atoms with Crippen molar-refractivity contribution in [3.8, 4) is 0 Å². The Morgan fingerprint density at radius 2 is 1.95 bits per heavy atom. The maximum atomic E-state index is 5.78. The van der Waals surface area contributed by atoms with Gasteiger partial charge in [-0.3, -0.25) is 4.98 Å². The van der Waals surface area contributed by atoms with Crippen LogP contribution in [0, 0.1) is 6.92 Å². The number of nitrogens with one attached hydrogen (secondary N) is 1. The van der Waals surface area contributed by atoms with E-state index in [2.05, 4.69) is 22.4 Å². The number of benzene rings is 2. The summed E-state index contributed by atoms with van der Waals surface area (Å²) in [6.45, 7) is 2.05. The molecule has 94 valence electrons. The summed E-state index contributed by atoms with van der Waals surface area (Å²) in [5.41, 5.74) is 9.83. The highest BCUT2D eigenvalue weighted by Crippen LogP contribution is 2.27. The number of fused-ring (bicyclic) bond motifs is 1. The number of anilines is 3. The third kappa shape index (κ3) is 2.22. The number of rotatable bonds is 2. The van der Waals surface area contributed by atoms with E-state index in [1.54, 1.807) is 0 Å². The SMILES string of the molecule is Cc1cc(N)ccc1Nc1cccc2cnccc12. The first-order chi connectivity index (χ1) is 9.24. The molecular formula is C16H15N3. The summed E-state index contributed by atoms with van der Waals surface area (Å²) in [6.07, 6.45) is 3.68. The molecule has 0 spiro atoms. The van der Waals surface area contributed by atoms with Crippen molar-refractivity contribution in [1.29, 1.82) is 0 Å². The fourth-order valence-corrected chi connectivity index (χ4v) is 2.20. The Balaban J connectivity index is 2.06. The van der Waals surface area contributed by atoms with Gasteiger partial charge < -0.3 is 11.1 Å². The monoisotopic (exact) mass is 249 g/mol. The van der Waals surface area contributed by atoms with Crippen LogP contribution in [0.3, 0.4) is 0 Å². The van der Waals surface area contributed by atoms with Gasteiger partial charge in [-0.05, 0) is 42.8 Å². The lowest BCUT2D eigenvalue weighted by molar-refractivity contribution is 1.36. The molecule has 3 N–H and O–H groups in total. The average molecular weight is 249 g/mol. The van der Waals surface area contributed by atoms with E-state index >= 15 is 0 Å². The predicted molar refractivity (Wildman–Crippen MR) is 80.6 cm³/mol. The Bertz CT molecular complexity index is 730. The van der Waals surface area contributed by atoms with Gasteiger partial charge in [-0.1, -0.05) is 12.1 Å². The van der Waals surface area contributed by atoms with Gasteiger partial charge in [0.2, 0.25) is 0 Å². The molecule has 0 bridgehead atoms. The summed E-state index contributed by atoms with van der Waals surface area (Å²) in [7, 11) is 0. The van der Waals surface area contributed by atoms with Gasteiger partial charge in [0.25, 0.3) is 0 Å². The van der Waals surface area contributed by atoms with Crippen LogP contribution in [0.1, 0.15) is 5.56 Å². The van der Waals surface area contributed by atoms with Gasteiger partial charge >= 0.3 is 0 Å². The zero-order chi connectivity index (χ0) is 13.2. The van der Waals surface area contributed by atoms with Crippen LogP contribution in [0.5, 0.6) is 0 Å². The van der Waals surface area contributed by atoms with E-state index in [0.717, 1.165) is 33.4 Å². The Labute approximate surface area is 112 Å². The zero-order valence-electron chi connectivity index (χ0n) is 10.7. The molecule has 0 fully saturated rings. The van der Waals surface area contributed by atoms with Crippen LogP contribution in [0.2, 0.25) is 0 Å². The Kier molecular flexibility index (Phi) is 2.80. The molecule has 3 rings (SSSR count). The summed E-state index contributed by atoms with van der Waals surface area (Å²) in [5.74, 6) is 0. The molecule has 3 heteroatoms. The molecule has 1 aromatic heterocycles. The smallest absolute Gasteiger partial charge is 0.0465 e. The number of nitrogens with two attached hydrogens (primary N) is 1. The molecule has 0 aliphatic heterocycles. The normalized spacial score (nSPS) is 10.6. The van der Waals surface area contributed by atoms with Gasteiger partial charge in [0.1, 0.15) is 0 Å². The molecule has 0 saturated carbocycles. The molecule has 2 aromatic carbocycles. The van der Waals surface area contributed by atoms with Crippen LogP contribution in [0.15, 0.2) is 54.9 Å². The van der Waals surface area contributed by atoms with Crippen molar-refractivity contribution < 1.29 is 0 Å². The van der Waals surface area contributed by atoms with Gasteiger partial charge in [0.05, 0.1) is 0 Å². The Morgan fingerprint density at radius 1 is 1.05 bits per heavy atom. The molecule has 0 amide bonds. The first kappa shape index (κ1) is 11.5. The van der Waals surface area contributed by atoms with E-state index in [4.69, 9.17) is 5.73 Å². The lowest BCUT2D eigenvalue weighted by Gasteiger charge is -2.12. The molecule has 0 saturated heterocycles. The van der Waals surface area contributed by atoms with Gasteiger partial charge in [-0.25, -0.2) is 0 Å². The van der Waals surface area contributed by atoms with Crippen molar-refractivity contribution >= 4 is 27.8 Å². The van der Waals surface area contributed by atoms with Gasteiger partial charge in [0, 0.05) is 40.2 Å². The summed E-state index contributed by atoms with van der Waals surface area (Å²) < 4.78 is 0. The fraction of sp³-hybridized carbons (Fsp3) is 0.0625. The zero-order valence-corrected chi connectivity index (χ0v) is 10.7. The first-order valence-corrected chi connectivity index (χ1v) is 6.20. The molecule has 3 aromatic rings. The molecule has 0 radical (unpaired) electrons. The molecule has 0 unspecified atom stereocenters. The van der Waals surface area contributed by atoms with Crippen LogP contribution in [-0.2, 0) is 0 Å². The van der Waals surface area contributed by atoms with Crippen molar-refractivity contribution in [2.24, 2.45) is 0 Å². The van der Waals surface area contributed by atoms with Crippen molar-refractivity contribution in [1.82, 2.24) is 4.98 Å². The van der Waals surface area contributed by atoms with Crippen LogP contribution < -0.4 is 11.1 Å². The molecule has 0 aliphatic rings. The molecular weight excluding hydrogens is 234 g/mol. The highest BCUT2D eigenvalue weighted by Gasteiger charge is 2.03. The lowest BCUT2D eigenvalue weighted by Crippen LogP contribution is -1.95. The largest absolute Gasteiger partial charge is 0.399 e. The van der Waals surface area contributed by atoms with Crippen LogP contribution >= 0.6 is 0 Å². The Morgan fingerprint density at radius 3 is 2.79 bits per heavy atom. The number of nitrogen functional groups attached to an aromatic ring is 1. The molecule has 0 atom stereocenters. The van der Waals surface area contributed by atoms with Crippen LogP contribution in [-0.4, -0.2) is 4.98 Å². The standard InChI is InChI=1S/C16H15N3/c1-11-9-13(17)5-6-15(11)19-16-4-2-3-12-10-18-8-7-14(12)16/h2-10,19H,17H2,1H3. The van der Waals surface area contributed by atoms with E-state index in [1.807, 2.05) is 49.6 Å². The summed E-state index contributed by atoms with van der Waals surface area (Å²) in [4.78, 5) is 4.15. The highest BCUT2D eigenvalue weighted by molar-refractivity contribution is 5.95. The molecule has 3 nitrogen and oxygen atoms in total. The predicted octanol–water partition coefficient (Wildman–Crippen LogP) is 3.87. The molecule has 1 heterocycles. The van der Waals surface area contributed by atoms with Gasteiger partial charge in [-0.2, -0.15) is 0 Å². The number of hydrogen-bond acceptors (Lipinski definition) is 3. The minimum atomic E-state index is 0.783. The van der Waals surface area contributed by atoms with Crippen molar-refractivity contribution in [2.75, 3.05) is 11.1 Å². The minimum Gasteiger partial charge on any atom is -0.399 e. The van der Waals surface area contributed by atoms with Crippen LogP contribution in [0.25, 0.3) is 10.8 Å². The van der Waals surface area contributed by atoms with Crippen molar-refractivity contribution in [2.45, 2.75) is 6.92 Å². The number of hydrogen-bond donors (Lipinski definition) is 2. The lowest BCUT2D eigenvalue weighted by atomic mass is 10.1. The van der Waals surface area contributed by atoms with E-state index in [1.165, 1.54) is 0 Å². The summed E-state index contributed by atoms with van der Waals surface area (Å²) in [5, 5.41) is 5.75. The average Bonchev–Trinajstić information content (AvgIpc) is 2.42. The molecule has 0 aliphatic carbocycles. The maximum Gasteiger partial charge on any atom is 0.0465 e. The number of aryl methyl sites for hydroxylation is 1. The van der Waals surface area contributed by atoms with Gasteiger partial charge in [0.15, 0.2) is 0 Å². The quantitative estimate of drug-likeness (QED) is 0.678. The maximum absolute atomic E-state index is 5.78. The first-order valence-electron chi connectivity index (χ1n) is 6.20. The summed E-state index contributed by atoms with van der Waals surface area (Å²) in [6, 6.07) is 14.0. The minimum absolute atomic E-state index is 0.783. The second kappa shape index (κ2) is 4.61. The van der Waals surface area contributed by atoms with Crippen molar-refractivity contribution in [3.05, 3.63) is 60.4 Å². The third-order valence-electron chi connectivity index (χ3n) is 3.20. The fourth-order valence-electron chi connectivity index (χ4n) is 2.20. The second-order valence-corrected chi connectivity index (χ2v) is 4.60. The number of aromatic nitrogens is 1. The highest BCUT2D eigenvalue weighted by atomic mass is 14.9. The van der Waals surface area contributed by atoms with Crippen molar-refractivity contribution in [3.63, 3.8) is 0 Å². The second-order valence-electron chi connectivity index (χ2n) is 4.60. The van der Waals surface area contributed by atoms with Gasteiger partial charge in [-0.15, -0.1) is 0 Å². The van der Waals surface area contributed by atoms with E-state index < -0.39 is 0 Å². The van der Waals surface area contributed by atoms with E-state index in [-0.39, 0.29) is 0 Å². The molecule has 19 heavy (non-hydrogen) atoms. The number of pyridine rings is 1. The topological polar surface area (TPSA) is 50.9 Å². The third-order valence-corrected chi connectivity index (χ3v) is 3.20.